The minimum atomic E-state index is -0.690. The Labute approximate surface area is 123 Å². The zero-order chi connectivity index (χ0) is 15.7. The number of esters is 1. The highest BCUT2D eigenvalue weighted by Gasteiger charge is 2.17. The van der Waals surface area contributed by atoms with Gasteiger partial charge in [-0.05, 0) is 32.4 Å². The molecule has 2 N–H and O–H groups in total. The third-order valence-electron chi connectivity index (χ3n) is 2.65. The second-order valence-electron chi connectivity index (χ2n) is 4.37. The predicted molar refractivity (Wildman–Crippen MR) is 74.5 cm³/mol. The number of carbonyl (C=O) groups excluding carboxylic acids is 3. The zero-order valence-corrected chi connectivity index (χ0v) is 12.2. The van der Waals surface area contributed by atoms with Gasteiger partial charge in [0.2, 0.25) is 5.91 Å². The lowest BCUT2D eigenvalue weighted by Gasteiger charge is -2.13. The van der Waals surface area contributed by atoms with Crippen LogP contribution in [0.1, 0.15) is 37.2 Å². The molecular formula is C14H20N2O5. The predicted octanol–water partition coefficient (Wildman–Crippen LogP) is 0.857. The molecule has 0 bridgehead atoms. The van der Waals surface area contributed by atoms with Crippen LogP contribution in [0.25, 0.3) is 0 Å². The van der Waals surface area contributed by atoms with E-state index in [1.165, 1.54) is 12.3 Å². The van der Waals surface area contributed by atoms with Gasteiger partial charge in [-0.3, -0.25) is 14.4 Å². The highest BCUT2D eigenvalue weighted by atomic mass is 16.5. The van der Waals surface area contributed by atoms with Crippen LogP contribution in [0.15, 0.2) is 22.8 Å². The van der Waals surface area contributed by atoms with Crippen LogP contribution in [0.5, 0.6) is 0 Å². The van der Waals surface area contributed by atoms with Gasteiger partial charge < -0.3 is 19.8 Å². The molecular weight excluding hydrogens is 276 g/mol. The van der Waals surface area contributed by atoms with Crippen molar-refractivity contribution >= 4 is 17.8 Å². The number of ether oxygens (including phenoxy) is 1. The zero-order valence-electron chi connectivity index (χ0n) is 12.2. The molecule has 1 aromatic rings. The van der Waals surface area contributed by atoms with Crippen molar-refractivity contribution in [2.24, 2.45) is 0 Å². The van der Waals surface area contributed by atoms with Crippen molar-refractivity contribution in [3.63, 3.8) is 0 Å². The standard InChI is InChI=1S/C14H20N2O5/c1-3-20-12(17)7-4-8-15-13(18)10(2)16-14(19)11-6-5-9-21-11/h5-6,9-10H,3-4,7-8H2,1-2H3,(H,15,18)(H,16,19). The summed E-state index contributed by atoms with van der Waals surface area (Å²) in [5.74, 6) is -0.907. The first-order chi connectivity index (χ1) is 10.0. The average Bonchev–Trinajstić information content (AvgIpc) is 2.97. The normalized spacial score (nSPS) is 11.5. The molecule has 0 saturated carbocycles. The summed E-state index contributed by atoms with van der Waals surface area (Å²) in [6.07, 6.45) is 2.12. The fourth-order valence-corrected chi connectivity index (χ4v) is 1.57. The summed E-state index contributed by atoms with van der Waals surface area (Å²) < 4.78 is 9.70. The minimum Gasteiger partial charge on any atom is -0.466 e. The lowest BCUT2D eigenvalue weighted by Crippen LogP contribution is -2.45. The van der Waals surface area contributed by atoms with Crippen molar-refractivity contribution in [2.45, 2.75) is 32.7 Å². The van der Waals surface area contributed by atoms with Crippen molar-refractivity contribution in [1.29, 1.82) is 0 Å². The molecule has 0 saturated heterocycles. The Bertz CT molecular complexity index is 470. The molecule has 7 heteroatoms. The first kappa shape index (κ1) is 16.7. The summed E-state index contributed by atoms with van der Waals surface area (Å²) in [7, 11) is 0. The van der Waals surface area contributed by atoms with Crippen molar-refractivity contribution in [3.05, 3.63) is 24.2 Å². The molecule has 0 aromatic carbocycles. The van der Waals surface area contributed by atoms with E-state index in [1.54, 1.807) is 19.9 Å². The second-order valence-corrected chi connectivity index (χ2v) is 4.37. The molecule has 0 radical (unpaired) electrons. The van der Waals surface area contributed by atoms with Crippen LogP contribution < -0.4 is 10.6 Å². The Hall–Kier alpha value is -2.31. The maximum atomic E-state index is 11.7. The number of hydrogen-bond donors (Lipinski definition) is 2. The van der Waals surface area contributed by atoms with Crippen LogP contribution in [0, 0.1) is 0 Å². The van der Waals surface area contributed by atoms with Crippen molar-refractivity contribution in [2.75, 3.05) is 13.2 Å². The van der Waals surface area contributed by atoms with Crippen LogP contribution >= 0.6 is 0 Å². The van der Waals surface area contributed by atoms with Gasteiger partial charge in [-0.15, -0.1) is 0 Å². The maximum absolute atomic E-state index is 11.7. The van der Waals surface area contributed by atoms with E-state index in [-0.39, 0.29) is 24.1 Å². The Kier molecular flexibility index (Phi) is 7.00. The minimum absolute atomic E-state index is 0.150. The largest absolute Gasteiger partial charge is 0.466 e. The lowest BCUT2D eigenvalue weighted by atomic mass is 10.2. The van der Waals surface area contributed by atoms with E-state index >= 15 is 0 Å². The number of furan rings is 1. The Morgan fingerprint density at radius 2 is 2.14 bits per heavy atom. The molecule has 7 nitrogen and oxygen atoms in total. The Morgan fingerprint density at radius 1 is 1.38 bits per heavy atom. The molecule has 21 heavy (non-hydrogen) atoms. The van der Waals surface area contributed by atoms with Crippen LogP contribution in [0.4, 0.5) is 0 Å². The van der Waals surface area contributed by atoms with Gasteiger partial charge in [0.1, 0.15) is 6.04 Å². The number of nitrogens with one attached hydrogen (secondary N) is 2. The first-order valence-electron chi connectivity index (χ1n) is 6.82. The van der Waals surface area contributed by atoms with E-state index in [9.17, 15) is 14.4 Å². The SMILES string of the molecule is CCOC(=O)CCCNC(=O)C(C)NC(=O)c1ccco1. The van der Waals surface area contributed by atoms with Gasteiger partial charge >= 0.3 is 5.97 Å². The molecule has 1 rings (SSSR count). The average molecular weight is 296 g/mol. The fraction of sp³-hybridized carbons (Fsp3) is 0.500. The monoisotopic (exact) mass is 296 g/mol. The van der Waals surface area contributed by atoms with E-state index in [4.69, 9.17) is 9.15 Å². The summed E-state index contributed by atoms with van der Waals surface area (Å²) in [6, 6.07) is 2.42. The highest BCUT2D eigenvalue weighted by molar-refractivity contribution is 5.95. The number of hydrogen-bond acceptors (Lipinski definition) is 5. The Morgan fingerprint density at radius 3 is 2.76 bits per heavy atom. The lowest BCUT2D eigenvalue weighted by molar-refractivity contribution is -0.143. The number of carbonyl (C=O) groups is 3. The molecule has 1 unspecified atom stereocenters. The molecule has 116 valence electrons. The van der Waals surface area contributed by atoms with Gasteiger partial charge in [-0.1, -0.05) is 0 Å². The molecule has 1 atom stereocenters. The van der Waals surface area contributed by atoms with Gasteiger partial charge in [-0.25, -0.2) is 0 Å². The molecule has 0 aliphatic carbocycles. The smallest absolute Gasteiger partial charge is 0.305 e. The molecule has 1 aromatic heterocycles. The topological polar surface area (TPSA) is 97.6 Å². The van der Waals surface area contributed by atoms with Crippen LogP contribution in [0.3, 0.4) is 0 Å². The number of amides is 2. The van der Waals surface area contributed by atoms with Gasteiger partial charge in [0.25, 0.3) is 5.91 Å². The summed E-state index contributed by atoms with van der Waals surface area (Å²) in [6.45, 7) is 4.00. The molecule has 0 aliphatic heterocycles. The summed E-state index contributed by atoms with van der Waals surface area (Å²) in [5.41, 5.74) is 0. The van der Waals surface area contributed by atoms with E-state index in [2.05, 4.69) is 10.6 Å². The van der Waals surface area contributed by atoms with Crippen molar-refractivity contribution < 1.29 is 23.5 Å². The van der Waals surface area contributed by atoms with E-state index in [0.717, 1.165) is 0 Å². The van der Waals surface area contributed by atoms with Crippen molar-refractivity contribution in [3.8, 4) is 0 Å². The van der Waals surface area contributed by atoms with Gasteiger partial charge in [0.05, 0.1) is 12.9 Å². The van der Waals surface area contributed by atoms with Gasteiger partial charge in [0, 0.05) is 13.0 Å². The highest BCUT2D eigenvalue weighted by Crippen LogP contribution is 2.00. The summed E-state index contributed by atoms with van der Waals surface area (Å²) in [4.78, 5) is 34.5. The summed E-state index contributed by atoms with van der Waals surface area (Å²) in [5, 5.41) is 5.15. The molecule has 2 amide bonds. The number of rotatable bonds is 8. The van der Waals surface area contributed by atoms with E-state index in [0.29, 0.717) is 19.6 Å². The molecule has 1 heterocycles. The quantitative estimate of drug-likeness (QED) is 0.547. The van der Waals surface area contributed by atoms with Crippen LogP contribution in [-0.4, -0.2) is 37.0 Å². The van der Waals surface area contributed by atoms with E-state index < -0.39 is 11.9 Å². The first-order valence-corrected chi connectivity index (χ1v) is 6.82. The summed E-state index contributed by atoms with van der Waals surface area (Å²) >= 11 is 0. The van der Waals surface area contributed by atoms with Gasteiger partial charge in [-0.2, -0.15) is 0 Å². The van der Waals surface area contributed by atoms with Gasteiger partial charge in [0.15, 0.2) is 5.76 Å². The molecule has 0 fully saturated rings. The van der Waals surface area contributed by atoms with Crippen molar-refractivity contribution in [1.82, 2.24) is 10.6 Å². The third-order valence-corrected chi connectivity index (χ3v) is 2.65. The van der Waals surface area contributed by atoms with Crippen LogP contribution in [0.2, 0.25) is 0 Å². The van der Waals surface area contributed by atoms with E-state index in [1.807, 2.05) is 0 Å². The Balaban J connectivity index is 2.22. The third kappa shape index (κ3) is 6.11. The maximum Gasteiger partial charge on any atom is 0.305 e. The second kappa shape index (κ2) is 8.78. The van der Waals surface area contributed by atoms with Crippen LogP contribution in [-0.2, 0) is 14.3 Å². The molecule has 0 spiro atoms. The molecule has 0 aliphatic rings. The fourth-order valence-electron chi connectivity index (χ4n) is 1.57.